The van der Waals surface area contributed by atoms with E-state index in [9.17, 15) is 4.79 Å². The second kappa shape index (κ2) is 4.89. The summed E-state index contributed by atoms with van der Waals surface area (Å²) in [5.74, 6) is -0.0624. The van der Waals surface area contributed by atoms with E-state index < -0.39 is 0 Å². The highest BCUT2D eigenvalue weighted by Gasteiger charge is 2.19. The molecule has 18 heavy (non-hydrogen) atoms. The summed E-state index contributed by atoms with van der Waals surface area (Å²) in [6.45, 7) is 5.67. The third-order valence-corrected chi connectivity index (χ3v) is 2.97. The molecule has 96 valence electrons. The van der Waals surface area contributed by atoms with Crippen LogP contribution in [-0.2, 0) is 4.79 Å². The molecular formula is C12H16N4OS. The first kappa shape index (κ1) is 12.8. The molecule has 0 radical (unpaired) electrons. The largest absolute Gasteiger partial charge is 0.352 e. The van der Waals surface area contributed by atoms with Gasteiger partial charge >= 0.3 is 0 Å². The minimum Gasteiger partial charge on any atom is -0.352 e. The van der Waals surface area contributed by atoms with Gasteiger partial charge in [0.05, 0.1) is 5.52 Å². The zero-order valence-electron chi connectivity index (χ0n) is 10.6. The summed E-state index contributed by atoms with van der Waals surface area (Å²) in [6, 6.07) is 3.44. The monoisotopic (exact) mass is 264 g/mol. The quantitative estimate of drug-likeness (QED) is 0.835. The highest BCUT2D eigenvalue weighted by atomic mass is 32.1. The van der Waals surface area contributed by atoms with Gasteiger partial charge in [-0.3, -0.25) is 9.36 Å². The summed E-state index contributed by atoms with van der Waals surface area (Å²) in [7, 11) is 0. The number of imidazole rings is 1. The van der Waals surface area contributed by atoms with Crippen molar-refractivity contribution in [3.63, 3.8) is 0 Å². The van der Waals surface area contributed by atoms with E-state index in [1.807, 2.05) is 32.9 Å². The molecular weight excluding hydrogens is 248 g/mol. The first-order chi connectivity index (χ1) is 8.50. The number of fused-ring (bicyclic) bond motifs is 1. The van der Waals surface area contributed by atoms with Crippen LogP contribution in [0.4, 0.5) is 0 Å². The van der Waals surface area contributed by atoms with Crippen LogP contribution in [0.25, 0.3) is 11.2 Å². The lowest BCUT2D eigenvalue weighted by Crippen LogP contribution is -2.35. The molecule has 0 saturated heterocycles. The second-order valence-electron chi connectivity index (χ2n) is 4.51. The molecule has 0 fully saturated rings. The van der Waals surface area contributed by atoms with E-state index in [1.54, 1.807) is 10.8 Å². The van der Waals surface area contributed by atoms with Crippen LogP contribution in [0, 0.1) is 4.77 Å². The Kier molecular flexibility index (Phi) is 3.47. The Labute approximate surface area is 110 Å². The van der Waals surface area contributed by atoms with Crippen LogP contribution in [-0.4, -0.2) is 26.5 Å². The minimum atomic E-state index is -0.386. The molecule has 0 aliphatic carbocycles. The molecule has 1 unspecified atom stereocenters. The minimum absolute atomic E-state index is 0.0624. The molecule has 2 N–H and O–H groups in total. The van der Waals surface area contributed by atoms with Crippen molar-refractivity contribution in [1.82, 2.24) is 19.9 Å². The van der Waals surface area contributed by atoms with Gasteiger partial charge in [-0.1, -0.05) is 0 Å². The van der Waals surface area contributed by atoms with Gasteiger partial charge in [-0.2, -0.15) is 0 Å². The third kappa shape index (κ3) is 2.28. The van der Waals surface area contributed by atoms with Crippen LogP contribution < -0.4 is 5.32 Å². The highest BCUT2D eigenvalue weighted by molar-refractivity contribution is 7.71. The fourth-order valence-corrected chi connectivity index (χ4v) is 2.19. The molecule has 5 nitrogen and oxygen atoms in total. The average molecular weight is 264 g/mol. The predicted octanol–water partition coefficient (Wildman–Crippen LogP) is 2.18. The number of carbonyl (C=O) groups excluding carboxylic acids is 1. The highest BCUT2D eigenvalue weighted by Crippen LogP contribution is 2.16. The van der Waals surface area contributed by atoms with E-state index in [0.717, 1.165) is 5.52 Å². The Morgan fingerprint density at radius 2 is 2.22 bits per heavy atom. The van der Waals surface area contributed by atoms with Gasteiger partial charge in [0.25, 0.3) is 0 Å². The second-order valence-corrected chi connectivity index (χ2v) is 4.90. The summed E-state index contributed by atoms with van der Waals surface area (Å²) in [5, 5.41) is 2.87. The first-order valence-corrected chi connectivity index (χ1v) is 6.27. The first-order valence-electron chi connectivity index (χ1n) is 5.86. The van der Waals surface area contributed by atoms with Gasteiger partial charge in [0.2, 0.25) is 5.91 Å². The summed E-state index contributed by atoms with van der Waals surface area (Å²) in [5.41, 5.74) is 1.54. The number of nitrogens with one attached hydrogen (secondary N) is 2. The van der Waals surface area contributed by atoms with Crippen molar-refractivity contribution >= 4 is 29.3 Å². The van der Waals surface area contributed by atoms with Crippen molar-refractivity contribution < 1.29 is 4.79 Å². The molecule has 0 aliphatic heterocycles. The standard InChI is InChI=1S/C12H16N4OS/c1-7(2)14-11(17)8(3)16-10-9(15-12(16)18)5-4-6-13-10/h4-8H,1-3H3,(H,14,17)(H,15,18). The number of hydrogen-bond donors (Lipinski definition) is 2. The summed E-state index contributed by atoms with van der Waals surface area (Å²) < 4.78 is 2.25. The lowest BCUT2D eigenvalue weighted by molar-refractivity contribution is -0.124. The van der Waals surface area contributed by atoms with Gasteiger partial charge in [0.15, 0.2) is 10.4 Å². The molecule has 1 atom stereocenters. The maximum Gasteiger partial charge on any atom is 0.243 e. The summed E-state index contributed by atoms with van der Waals surface area (Å²) in [6.07, 6.45) is 1.69. The number of amides is 1. The summed E-state index contributed by atoms with van der Waals surface area (Å²) >= 11 is 5.25. The SMILES string of the molecule is CC(C)NC(=O)C(C)n1c(=S)[nH]c2cccnc21. The molecule has 6 heteroatoms. The normalized spacial score (nSPS) is 12.9. The van der Waals surface area contributed by atoms with Crippen LogP contribution in [0.2, 0.25) is 0 Å². The van der Waals surface area contributed by atoms with Crippen molar-refractivity contribution in [2.24, 2.45) is 0 Å². The fraction of sp³-hybridized carbons (Fsp3) is 0.417. The topological polar surface area (TPSA) is 62.7 Å². The maximum atomic E-state index is 12.0. The van der Waals surface area contributed by atoms with Crippen LogP contribution in [0.3, 0.4) is 0 Å². The Hall–Kier alpha value is -1.69. The molecule has 0 aromatic carbocycles. The lowest BCUT2D eigenvalue weighted by Gasteiger charge is -2.16. The van der Waals surface area contributed by atoms with Crippen molar-refractivity contribution in [3.05, 3.63) is 23.1 Å². The average Bonchev–Trinajstić information content (AvgIpc) is 2.63. The van der Waals surface area contributed by atoms with E-state index >= 15 is 0 Å². The molecule has 2 aromatic rings. The van der Waals surface area contributed by atoms with E-state index in [-0.39, 0.29) is 18.0 Å². The van der Waals surface area contributed by atoms with E-state index in [1.165, 1.54) is 0 Å². The van der Waals surface area contributed by atoms with Gasteiger partial charge < -0.3 is 10.3 Å². The number of hydrogen-bond acceptors (Lipinski definition) is 3. The lowest BCUT2D eigenvalue weighted by atomic mass is 10.2. The molecule has 2 rings (SSSR count). The number of nitrogens with zero attached hydrogens (tertiary/aromatic N) is 2. The molecule has 2 heterocycles. The molecule has 1 amide bonds. The van der Waals surface area contributed by atoms with Gasteiger partial charge in [0, 0.05) is 12.2 Å². The Balaban J connectivity index is 2.44. The number of H-pyrrole nitrogens is 1. The van der Waals surface area contributed by atoms with Crippen molar-refractivity contribution in [1.29, 1.82) is 0 Å². The molecule has 0 bridgehead atoms. The molecule has 2 aromatic heterocycles. The zero-order valence-corrected chi connectivity index (χ0v) is 11.4. The fourth-order valence-electron chi connectivity index (χ4n) is 1.84. The number of aromatic nitrogens is 3. The molecule has 0 saturated carbocycles. The van der Waals surface area contributed by atoms with Crippen molar-refractivity contribution in [3.8, 4) is 0 Å². The molecule has 0 aliphatic rings. The van der Waals surface area contributed by atoms with Gasteiger partial charge in [-0.05, 0) is 45.1 Å². The van der Waals surface area contributed by atoms with Gasteiger partial charge in [0.1, 0.15) is 6.04 Å². The van der Waals surface area contributed by atoms with Crippen LogP contribution in [0.15, 0.2) is 18.3 Å². The van der Waals surface area contributed by atoms with Crippen molar-refractivity contribution in [2.45, 2.75) is 32.9 Å². The smallest absolute Gasteiger partial charge is 0.243 e. The third-order valence-electron chi connectivity index (χ3n) is 2.67. The Morgan fingerprint density at radius 1 is 1.50 bits per heavy atom. The van der Waals surface area contributed by atoms with E-state index in [0.29, 0.717) is 10.4 Å². The van der Waals surface area contributed by atoms with Crippen LogP contribution >= 0.6 is 12.2 Å². The summed E-state index contributed by atoms with van der Waals surface area (Å²) in [4.78, 5) is 19.3. The number of pyridine rings is 1. The number of rotatable bonds is 3. The van der Waals surface area contributed by atoms with E-state index in [2.05, 4.69) is 15.3 Å². The number of aromatic amines is 1. The van der Waals surface area contributed by atoms with E-state index in [4.69, 9.17) is 12.2 Å². The van der Waals surface area contributed by atoms with Gasteiger partial charge in [-0.15, -0.1) is 0 Å². The number of carbonyl (C=O) groups is 1. The Bertz CT molecular complexity index is 628. The van der Waals surface area contributed by atoms with Gasteiger partial charge in [-0.25, -0.2) is 4.98 Å². The van der Waals surface area contributed by atoms with Crippen LogP contribution in [0.1, 0.15) is 26.8 Å². The maximum absolute atomic E-state index is 12.0. The Morgan fingerprint density at radius 3 is 2.89 bits per heavy atom. The van der Waals surface area contributed by atoms with Crippen molar-refractivity contribution in [2.75, 3.05) is 0 Å². The predicted molar refractivity (Wildman–Crippen MR) is 72.9 cm³/mol. The molecule has 0 spiro atoms. The van der Waals surface area contributed by atoms with Crippen LogP contribution in [0.5, 0.6) is 0 Å². The zero-order chi connectivity index (χ0) is 13.3.